The number of quaternary nitrogens is 2. The van der Waals surface area contributed by atoms with Crippen molar-refractivity contribution in [3.05, 3.63) is 88.9 Å². The Bertz CT molecular complexity index is 1390. The van der Waals surface area contributed by atoms with Crippen molar-refractivity contribution in [2.45, 2.75) is 19.0 Å². The maximum atomic E-state index is 13.3. The number of ether oxygens (including phenoxy) is 2. The van der Waals surface area contributed by atoms with E-state index in [4.69, 9.17) is 9.47 Å². The highest BCUT2D eigenvalue weighted by atomic mass is 19.1. The zero-order chi connectivity index (χ0) is 25.4. The van der Waals surface area contributed by atoms with Gasteiger partial charge in [0.2, 0.25) is 0 Å². The number of rotatable bonds is 6. The summed E-state index contributed by atoms with van der Waals surface area (Å²) in [5.74, 6) is 1.67. The number of fused-ring (bicyclic) bond motifs is 3. The number of hydrogen-bond acceptors (Lipinski definition) is 3. The fourth-order valence-electron chi connectivity index (χ4n) is 6.03. The van der Waals surface area contributed by atoms with E-state index in [2.05, 4.69) is 45.5 Å². The highest BCUT2D eigenvalue weighted by Gasteiger charge is 2.30. The number of nitrogens with two attached hydrogens (primary N) is 1. The molecule has 0 bridgehead atoms. The van der Waals surface area contributed by atoms with Gasteiger partial charge in [-0.05, 0) is 66.2 Å². The molecule has 3 heterocycles. The van der Waals surface area contributed by atoms with Crippen LogP contribution in [0.2, 0.25) is 0 Å². The maximum absolute atomic E-state index is 13.3. The molecule has 0 spiro atoms. The summed E-state index contributed by atoms with van der Waals surface area (Å²) in [6, 6.07) is 20.1. The Morgan fingerprint density at radius 3 is 2.57 bits per heavy atom. The molecule has 6 nitrogen and oxygen atoms in total. The molecule has 192 valence electrons. The summed E-state index contributed by atoms with van der Waals surface area (Å²) in [6.07, 6.45) is 1.05. The van der Waals surface area contributed by atoms with Crippen molar-refractivity contribution in [3.8, 4) is 11.5 Å². The van der Waals surface area contributed by atoms with Gasteiger partial charge in [0.05, 0.1) is 52.6 Å². The van der Waals surface area contributed by atoms with Crippen LogP contribution in [0.5, 0.6) is 11.5 Å². The number of hydrogen-bond donors (Lipinski definition) is 3. The second-order valence-corrected chi connectivity index (χ2v) is 10.1. The Morgan fingerprint density at radius 1 is 1.00 bits per heavy atom. The topological polar surface area (TPSA) is 58.5 Å². The van der Waals surface area contributed by atoms with Crippen molar-refractivity contribution in [3.63, 3.8) is 0 Å². The molecular weight excluding hydrogens is 467 g/mol. The summed E-state index contributed by atoms with van der Waals surface area (Å²) >= 11 is 0. The van der Waals surface area contributed by atoms with Crippen LogP contribution in [0, 0.1) is 5.82 Å². The minimum absolute atomic E-state index is 0.186. The van der Waals surface area contributed by atoms with Crippen molar-refractivity contribution >= 4 is 16.6 Å². The summed E-state index contributed by atoms with van der Waals surface area (Å²) in [5.41, 5.74) is 7.53. The number of benzene rings is 3. The Morgan fingerprint density at radius 2 is 1.81 bits per heavy atom. The zero-order valence-electron chi connectivity index (χ0n) is 21.5. The van der Waals surface area contributed by atoms with Crippen molar-refractivity contribution in [1.29, 1.82) is 0 Å². The van der Waals surface area contributed by atoms with Crippen LogP contribution in [0.25, 0.3) is 10.9 Å². The van der Waals surface area contributed by atoms with E-state index in [1.54, 1.807) is 31.3 Å². The number of nitrogens with one attached hydrogen (secondary N) is 2. The summed E-state index contributed by atoms with van der Waals surface area (Å²) in [4.78, 5) is 7.61. The quantitative estimate of drug-likeness (QED) is 0.380. The molecule has 0 saturated carbocycles. The van der Waals surface area contributed by atoms with Crippen LogP contribution in [0.1, 0.15) is 28.4 Å². The lowest BCUT2D eigenvalue weighted by Gasteiger charge is -2.34. The van der Waals surface area contributed by atoms with Crippen molar-refractivity contribution in [2.75, 3.05) is 51.8 Å². The highest BCUT2D eigenvalue weighted by molar-refractivity contribution is 5.86. The van der Waals surface area contributed by atoms with Gasteiger partial charge in [-0.15, -0.1) is 0 Å². The monoisotopic (exact) mass is 502 g/mol. The van der Waals surface area contributed by atoms with E-state index in [-0.39, 0.29) is 11.9 Å². The Balaban J connectivity index is 1.22. The van der Waals surface area contributed by atoms with Gasteiger partial charge < -0.3 is 29.6 Å². The molecule has 2 aliphatic rings. The fraction of sp³-hybridized carbons (Fsp3) is 0.333. The molecule has 1 aromatic heterocycles. The lowest BCUT2D eigenvalue weighted by molar-refractivity contribution is -0.914. The van der Waals surface area contributed by atoms with Crippen molar-refractivity contribution in [1.82, 2.24) is 4.98 Å². The molecule has 1 fully saturated rings. The summed E-state index contributed by atoms with van der Waals surface area (Å²) < 4.78 is 24.6. The molecule has 0 amide bonds. The number of piperazine rings is 1. The predicted octanol–water partition coefficient (Wildman–Crippen LogP) is 2.44. The third-order valence-electron chi connectivity index (χ3n) is 8.02. The first kappa shape index (κ1) is 23.8. The standard InChI is InChI=1S/C30H33FN4O2/c1-36-24-8-9-27-26(18-24)25-11-12-32-29(30(25)33-27)20-3-10-28(37-2)21(17-20)19-34-13-15-35(16-14-34)23-6-4-22(31)5-7-23/h3-10,17-18,29,32-33H,11-16,19H2,1-2H3/p+2/t29-/m0/s1. The van der Waals surface area contributed by atoms with E-state index in [1.807, 2.05) is 18.2 Å². The third-order valence-corrected chi connectivity index (χ3v) is 8.02. The first-order chi connectivity index (χ1) is 18.1. The van der Waals surface area contributed by atoms with E-state index in [0.29, 0.717) is 0 Å². The van der Waals surface area contributed by atoms with E-state index in [0.717, 1.165) is 62.9 Å². The van der Waals surface area contributed by atoms with Gasteiger partial charge in [0.15, 0.2) is 6.04 Å². The molecule has 0 unspecified atom stereocenters. The zero-order valence-corrected chi connectivity index (χ0v) is 21.5. The molecular formula is C30H35FN4O2+2. The molecule has 0 aliphatic carbocycles. The Kier molecular flexibility index (Phi) is 6.49. The van der Waals surface area contributed by atoms with E-state index in [1.165, 1.54) is 33.3 Å². The highest BCUT2D eigenvalue weighted by Crippen LogP contribution is 2.34. The molecule has 2 aliphatic heterocycles. The summed E-state index contributed by atoms with van der Waals surface area (Å²) in [7, 11) is 3.48. The number of aromatic amines is 1. The Labute approximate surface area is 217 Å². The van der Waals surface area contributed by atoms with Crippen LogP contribution in [0.15, 0.2) is 60.7 Å². The lowest BCUT2D eigenvalue weighted by atomic mass is 9.93. The predicted molar refractivity (Wildman–Crippen MR) is 143 cm³/mol. The van der Waals surface area contributed by atoms with Crippen LogP contribution in [-0.4, -0.2) is 51.9 Å². The van der Waals surface area contributed by atoms with Crippen molar-refractivity contribution in [2.24, 2.45) is 0 Å². The number of aromatic nitrogens is 1. The molecule has 3 aromatic carbocycles. The van der Waals surface area contributed by atoms with Crippen LogP contribution in [0.4, 0.5) is 10.1 Å². The average Bonchev–Trinajstić information content (AvgIpc) is 3.32. The molecule has 37 heavy (non-hydrogen) atoms. The first-order valence-electron chi connectivity index (χ1n) is 13.2. The van der Waals surface area contributed by atoms with Gasteiger partial charge in [-0.1, -0.05) is 0 Å². The Hall–Kier alpha value is -3.55. The maximum Gasteiger partial charge on any atom is 0.153 e. The van der Waals surface area contributed by atoms with Crippen molar-refractivity contribution < 1.29 is 24.1 Å². The van der Waals surface area contributed by atoms with Gasteiger partial charge in [-0.2, -0.15) is 0 Å². The van der Waals surface area contributed by atoms with E-state index < -0.39 is 0 Å². The number of H-pyrrole nitrogens is 1. The minimum Gasteiger partial charge on any atom is -0.497 e. The molecule has 6 rings (SSSR count). The van der Waals surface area contributed by atoms with E-state index in [9.17, 15) is 4.39 Å². The SMILES string of the molecule is COc1ccc2[nH]c3c(c2c1)CC[NH2+][C@H]3c1ccc(OC)c(C[NH+]2CCN(c3ccc(F)cc3)CC2)c1. The van der Waals surface area contributed by atoms with Gasteiger partial charge in [-0.3, -0.25) is 0 Å². The van der Waals surface area contributed by atoms with Gasteiger partial charge in [0, 0.05) is 34.1 Å². The second kappa shape index (κ2) is 10.1. The van der Waals surface area contributed by atoms with E-state index >= 15 is 0 Å². The molecule has 0 radical (unpaired) electrons. The number of methoxy groups -OCH3 is 2. The number of anilines is 1. The van der Waals surface area contributed by atoms with Gasteiger partial charge in [-0.25, -0.2) is 4.39 Å². The largest absolute Gasteiger partial charge is 0.497 e. The smallest absolute Gasteiger partial charge is 0.153 e. The molecule has 4 aromatic rings. The number of nitrogens with zero attached hydrogens (tertiary/aromatic N) is 1. The summed E-state index contributed by atoms with van der Waals surface area (Å²) in [6.45, 7) is 5.97. The van der Waals surface area contributed by atoms with Gasteiger partial charge in [0.1, 0.15) is 23.9 Å². The van der Waals surface area contributed by atoms with Crippen LogP contribution < -0.4 is 24.6 Å². The van der Waals surface area contributed by atoms with Gasteiger partial charge >= 0.3 is 0 Å². The van der Waals surface area contributed by atoms with Crippen LogP contribution in [0.3, 0.4) is 0 Å². The molecule has 1 saturated heterocycles. The van der Waals surface area contributed by atoms with Gasteiger partial charge in [0.25, 0.3) is 0 Å². The lowest BCUT2D eigenvalue weighted by Crippen LogP contribution is -3.13. The molecule has 1 atom stereocenters. The van der Waals surface area contributed by atoms with Crippen LogP contribution >= 0.6 is 0 Å². The number of halogens is 1. The summed E-state index contributed by atoms with van der Waals surface area (Å²) in [5, 5.41) is 3.71. The minimum atomic E-state index is -0.186. The fourth-order valence-corrected chi connectivity index (χ4v) is 6.03. The third kappa shape index (κ3) is 4.65. The normalized spacial score (nSPS) is 18.1. The first-order valence-corrected chi connectivity index (χ1v) is 13.2. The molecule has 7 heteroatoms. The molecule has 4 N–H and O–H groups in total. The average molecular weight is 503 g/mol. The van der Waals surface area contributed by atoms with Crippen LogP contribution in [-0.2, 0) is 13.0 Å². The second-order valence-electron chi connectivity index (χ2n) is 10.1.